The van der Waals surface area contributed by atoms with E-state index in [-0.39, 0.29) is 22.6 Å². The Morgan fingerprint density at radius 3 is 2.81 bits per heavy atom. The minimum atomic E-state index is -3.69. The van der Waals surface area contributed by atoms with Gasteiger partial charge >= 0.3 is 0 Å². The van der Waals surface area contributed by atoms with E-state index in [2.05, 4.69) is 6.92 Å². The molecule has 8 heteroatoms. The number of nitrogens with two attached hydrogens (primary N) is 1. The number of sulfonamides is 1. The van der Waals surface area contributed by atoms with Gasteiger partial charge in [-0.15, -0.1) is 11.3 Å². The lowest BCUT2D eigenvalue weighted by Gasteiger charge is -2.36. The number of hydrogen-bond acceptors (Lipinski definition) is 5. The van der Waals surface area contributed by atoms with Gasteiger partial charge in [-0.2, -0.15) is 0 Å². The monoisotopic (exact) mass is 332 g/mol. The molecule has 1 aromatic rings. The van der Waals surface area contributed by atoms with Crippen molar-refractivity contribution >= 4 is 27.3 Å². The number of amides is 1. The van der Waals surface area contributed by atoms with Crippen LogP contribution in [0.15, 0.2) is 16.3 Å². The Kier molecular flexibility index (Phi) is 5.03. The lowest BCUT2D eigenvalue weighted by atomic mass is 9.95. The molecule has 6 nitrogen and oxygen atoms in total. The molecule has 1 aliphatic rings. The van der Waals surface area contributed by atoms with Crippen LogP contribution < -0.4 is 5.14 Å². The van der Waals surface area contributed by atoms with E-state index in [1.165, 1.54) is 6.07 Å². The number of methoxy groups -OCH3 is 1. The van der Waals surface area contributed by atoms with Gasteiger partial charge < -0.3 is 9.64 Å². The fourth-order valence-corrected chi connectivity index (χ4v) is 4.20. The molecule has 2 rings (SSSR count). The van der Waals surface area contributed by atoms with Crippen LogP contribution in [0.2, 0.25) is 0 Å². The summed E-state index contributed by atoms with van der Waals surface area (Å²) in [5, 5.41) is 5.07. The van der Waals surface area contributed by atoms with Crippen molar-refractivity contribution in [2.75, 3.05) is 20.2 Å². The van der Waals surface area contributed by atoms with Gasteiger partial charge in [0.15, 0.2) is 0 Å². The van der Waals surface area contributed by atoms with Crippen molar-refractivity contribution in [2.24, 2.45) is 11.1 Å². The number of nitrogens with zero attached hydrogens (tertiary/aromatic N) is 1. The van der Waals surface area contributed by atoms with Gasteiger partial charge in [0.25, 0.3) is 0 Å². The molecular formula is C13H20N2O4S2. The normalized spacial score (nSPS) is 23.3. The summed E-state index contributed by atoms with van der Waals surface area (Å²) in [5.74, 6) is 0.432. The molecule has 0 bridgehead atoms. The summed E-state index contributed by atoms with van der Waals surface area (Å²) in [4.78, 5) is 14.8. The van der Waals surface area contributed by atoms with Crippen molar-refractivity contribution in [1.82, 2.24) is 4.90 Å². The third-order valence-corrected chi connectivity index (χ3v) is 6.31. The van der Waals surface area contributed by atoms with Crippen molar-refractivity contribution in [2.45, 2.75) is 30.1 Å². The molecule has 0 saturated carbocycles. The van der Waals surface area contributed by atoms with Crippen LogP contribution >= 0.6 is 11.3 Å². The number of likely N-dealkylation sites (tertiary alicyclic amines) is 1. The molecule has 1 aromatic heterocycles. The Hall–Kier alpha value is -0.960. The van der Waals surface area contributed by atoms with E-state index in [9.17, 15) is 13.2 Å². The van der Waals surface area contributed by atoms with E-state index in [4.69, 9.17) is 9.88 Å². The molecule has 1 amide bonds. The van der Waals surface area contributed by atoms with Gasteiger partial charge in [0.1, 0.15) is 4.21 Å². The zero-order valence-corrected chi connectivity index (χ0v) is 13.7. The first-order valence-corrected chi connectivity index (χ1v) is 9.09. The van der Waals surface area contributed by atoms with Crippen LogP contribution in [0.5, 0.6) is 0 Å². The second-order valence-corrected chi connectivity index (χ2v) is 8.28. The Morgan fingerprint density at radius 2 is 2.24 bits per heavy atom. The number of carbonyl (C=O) groups excluding carboxylic acids is 1. The number of hydrogen-bond donors (Lipinski definition) is 1. The maximum atomic E-state index is 12.3. The van der Waals surface area contributed by atoms with Gasteiger partial charge in [0, 0.05) is 25.1 Å². The highest BCUT2D eigenvalue weighted by Crippen LogP contribution is 2.23. The van der Waals surface area contributed by atoms with Crippen LogP contribution in [-0.2, 0) is 26.0 Å². The number of rotatable bonds is 4. The molecule has 21 heavy (non-hydrogen) atoms. The summed E-state index contributed by atoms with van der Waals surface area (Å²) in [6, 6.07) is 3.08. The van der Waals surface area contributed by atoms with Gasteiger partial charge in [0.05, 0.1) is 12.5 Å². The lowest BCUT2D eigenvalue weighted by molar-refractivity contribution is -0.135. The summed E-state index contributed by atoms with van der Waals surface area (Å²) in [6.45, 7) is 3.42. The molecule has 0 aromatic carbocycles. The van der Waals surface area contributed by atoms with Crippen molar-refractivity contribution in [3.63, 3.8) is 0 Å². The van der Waals surface area contributed by atoms with E-state index in [1.54, 1.807) is 18.1 Å². The Balaban J connectivity index is 2.00. The van der Waals surface area contributed by atoms with Crippen molar-refractivity contribution in [3.8, 4) is 0 Å². The second kappa shape index (κ2) is 6.43. The van der Waals surface area contributed by atoms with Gasteiger partial charge in [-0.25, -0.2) is 13.6 Å². The molecule has 2 heterocycles. The van der Waals surface area contributed by atoms with Crippen LogP contribution in [0.1, 0.15) is 18.2 Å². The Morgan fingerprint density at radius 1 is 1.52 bits per heavy atom. The average molecular weight is 332 g/mol. The first-order chi connectivity index (χ1) is 9.81. The van der Waals surface area contributed by atoms with Gasteiger partial charge in [-0.3, -0.25) is 4.79 Å². The lowest BCUT2D eigenvalue weighted by Crippen LogP contribution is -2.47. The highest BCUT2D eigenvalue weighted by atomic mass is 32.2. The summed E-state index contributed by atoms with van der Waals surface area (Å²) in [5.41, 5.74) is 0. The largest absolute Gasteiger partial charge is 0.379 e. The van der Waals surface area contributed by atoms with Crippen molar-refractivity contribution in [3.05, 3.63) is 17.0 Å². The van der Waals surface area contributed by atoms with E-state index in [0.29, 0.717) is 23.9 Å². The zero-order valence-electron chi connectivity index (χ0n) is 12.1. The maximum Gasteiger partial charge on any atom is 0.247 e. The smallest absolute Gasteiger partial charge is 0.247 e. The Bertz CT molecular complexity index is 611. The third kappa shape index (κ3) is 4.03. The zero-order chi connectivity index (χ0) is 15.6. The minimum Gasteiger partial charge on any atom is -0.379 e. The first-order valence-electron chi connectivity index (χ1n) is 6.73. The predicted octanol–water partition coefficient (Wildman–Crippen LogP) is 0.821. The SMILES string of the molecule is COC1CN(C(=O)Cc2ccc(S(N)(=O)=O)s2)CCC1C. The van der Waals surface area contributed by atoms with Crippen LogP contribution in [0, 0.1) is 5.92 Å². The third-order valence-electron chi connectivity index (χ3n) is 3.79. The molecule has 1 saturated heterocycles. The molecule has 2 unspecified atom stereocenters. The molecule has 2 atom stereocenters. The molecule has 0 spiro atoms. The number of thiophene rings is 1. The average Bonchev–Trinajstić information content (AvgIpc) is 2.87. The van der Waals surface area contributed by atoms with Crippen LogP contribution in [0.25, 0.3) is 0 Å². The van der Waals surface area contributed by atoms with E-state index in [0.717, 1.165) is 17.8 Å². The van der Waals surface area contributed by atoms with Gasteiger partial charge in [-0.05, 0) is 24.5 Å². The highest BCUT2D eigenvalue weighted by molar-refractivity contribution is 7.91. The predicted molar refractivity (Wildman–Crippen MR) is 80.6 cm³/mol. The second-order valence-electron chi connectivity index (χ2n) is 5.32. The van der Waals surface area contributed by atoms with Crippen LogP contribution in [0.3, 0.4) is 0 Å². The number of primary sulfonamides is 1. The number of piperidine rings is 1. The fraction of sp³-hybridized carbons (Fsp3) is 0.615. The van der Waals surface area contributed by atoms with Crippen LogP contribution in [-0.4, -0.2) is 45.5 Å². The maximum absolute atomic E-state index is 12.3. The van der Waals surface area contributed by atoms with Gasteiger partial charge in [0.2, 0.25) is 15.9 Å². The van der Waals surface area contributed by atoms with E-state index >= 15 is 0 Å². The molecule has 1 fully saturated rings. The molecular weight excluding hydrogens is 312 g/mol. The summed E-state index contributed by atoms with van der Waals surface area (Å²) < 4.78 is 27.9. The first kappa shape index (κ1) is 16.4. The molecule has 1 aliphatic heterocycles. The molecule has 0 radical (unpaired) electrons. The van der Waals surface area contributed by atoms with Crippen molar-refractivity contribution in [1.29, 1.82) is 0 Å². The summed E-state index contributed by atoms with van der Waals surface area (Å²) in [7, 11) is -2.03. The topological polar surface area (TPSA) is 89.7 Å². The number of ether oxygens (including phenoxy) is 1. The standard InChI is InChI=1S/C13H20N2O4S2/c1-9-5-6-15(8-11(9)19-2)12(16)7-10-3-4-13(20-10)21(14,17)18/h3-4,9,11H,5-8H2,1-2H3,(H2,14,17,18). The summed E-state index contributed by atoms with van der Waals surface area (Å²) >= 11 is 1.05. The highest BCUT2D eigenvalue weighted by Gasteiger charge is 2.28. The number of carbonyl (C=O) groups is 1. The summed E-state index contributed by atoms with van der Waals surface area (Å²) in [6.07, 6.45) is 1.17. The van der Waals surface area contributed by atoms with Gasteiger partial charge in [-0.1, -0.05) is 6.92 Å². The quantitative estimate of drug-likeness (QED) is 0.884. The molecule has 2 N–H and O–H groups in total. The fourth-order valence-electron chi connectivity index (χ4n) is 2.43. The Labute approximate surface area is 128 Å². The van der Waals surface area contributed by atoms with Crippen molar-refractivity contribution < 1.29 is 17.9 Å². The minimum absolute atomic E-state index is 0.00762. The van der Waals surface area contributed by atoms with Crippen LogP contribution in [0.4, 0.5) is 0 Å². The van der Waals surface area contributed by atoms with E-state index < -0.39 is 10.0 Å². The van der Waals surface area contributed by atoms with E-state index in [1.807, 2.05) is 0 Å². The molecule has 0 aliphatic carbocycles. The molecule has 118 valence electrons.